The summed E-state index contributed by atoms with van der Waals surface area (Å²) in [5.41, 5.74) is 3.33. The van der Waals surface area contributed by atoms with Crippen LogP contribution in [-0.2, 0) is 4.79 Å². The highest BCUT2D eigenvalue weighted by Crippen LogP contribution is 2.23. The molecule has 1 aromatic heterocycles. The topological polar surface area (TPSA) is 76.0 Å². The van der Waals surface area contributed by atoms with Crippen molar-refractivity contribution >= 4 is 23.7 Å². The van der Waals surface area contributed by atoms with E-state index in [1.807, 2.05) is 31.5 Å². The summed E-state index contributed by atoms with van der Waals surface area (Å²) in [6, 6.07) is 5.76. The number of nitrogens with one attached hydrogen (secondary N) is 2. The molecule has 0 unspecified atom stereocenters. The molecule has 2 rings (SSSR count). The Kier molecular flexibility index (Phi) is 7.06. The van der Waals surface area contributed by atoms with Crippen LogP contribution in [0.25, 0.3) is 5.69 Å². The normalized spacial score (nSPS) is 10.5. The number of carbonyl (C=O) groups is 2. The number of imide groups is 1. The maximum atomic E-state index is 11.9. The second kappa shape index (κ2) is 9.27. The Morgan fingerprint density at radius 3 is 2.84 bits per heavy atom. The van der Waals surface area contributed by atoms with Crippen LogP contribution in [0.15, 0.2) is 35.7 Å². The number of hydrogen-bond acceptors (Lipinski definition) is 4. The van der Waals surface area contributed by atoms with Gasteiger partial charge in [-0.2, -0.15) is 0 Å². The quantitative estimate of drug-likeness (QED) is 0.587. The Labute approximate surface area is 152 Å². The molecule has 0 atom stereocenters. The molecule has 0 bridgehead atoms. The molecule has 0 aliphatic heterocycles. The molecule has 0 saturated carbocycles. The minimum absolute atomic E-state index is 0.128. The number of thioether (sulfide) groups is 1. The first-order valence-electron chi connectivity index (χ1n) is 8.32. The molecule has 3 amide bonds. The predicted molar refractivity (Wildman–Crippen MR) is 100 cm³/mol. The van der Waals surface area contributed by atoms with Crippen LogP contribution in [-0.4, -0.2) is 33.8 Å². The molecule has 2 N–H and O–H groups in total. The summed E-state index contributed by atoms with van der Waals surface area (Å²) in [7, 11) is 0. The van der Waals surface area contributed by atoms with Gasteiger partial charge in [-0.15, -0.1) is 0 Å². The molecular weight excluding hydrogens is 336 g/mol. The van der Waals surface area contributed by atoms with Crippen molar-refractivity contribution in [3.8, 4) is 5.69 Å². The van der Waals surface area contributed by atoms with E-state index < -0.39 is 6.03 Å². The molecule has 6 nitrogen and oxygen atoms in total. The fourth-order valence-corrected chi connectivity index (χ4v) is 3.04. The highest BCUT2D eigenvalue weighted by Gasteiger charge is 2.12. The fourth-order valence-electron chi connectivity index (χ4n) is 2.27. The third-order valence-corrected chi connectivity index (χ3v) is 4.60. The average molecular weight is 360 g/mol. The fraction of sp³-hybridized carbons (Fsp3) is 0.389. The first-order chi connectivity index (χ1) is 12.0. The molecule has 1 aromatic carbocycles. The number of hydrogen-bond donors (Lipinski definition) is 2. The summed E-state index contributed by atoms with van der Waals surface area (Å²) < 4.78 is 1.96. The van der Waals surface area contributed by atoms with Gasteiger partial charge < -0.3 is 5.32 Å². The van der Waals surface area contributed by atoms with E-state index in [0.717, 1.165) is 34.8 Å². The number of unbranched alkanes of at least 4 members (excludes halogenated alkanes) is 1. The third kappa shape index (κ3) is 5.63. The van der Waals surface area contributed by atoms with Crippen molar-refractivity contribution in [1.29, 1.82) is 0 Å². The van der Waals surface area contributed by atoms with Gasteiger partial charge in [0.15, 0.2) is 5.16 Å². The van der Waals surface area contributed by atoms with Gasteiger partial charge >= 0.3 is 6.03 Å². The number of nitrogens with zero attached hydrogens (tertiary/aromatic N) is 2. The van der Waals surface area contributed by atoms with Gasteiger partial charge in [0, 0.05) is 18.9 Å². The number of carbonyl (C=O) groups excluding carboxylic acids is 2. The molecule has 0 fully saturated rings. The van der Waals surface area contributed by atoms with Crippen LogP contribution < -0.4 is 10.6 Å². The van der Waals surface area contributed by atoms with Crippen molar-refractivity contribution in [1.82, 2.24) is 20.2 Å². The summed E-state index contributed by atoms with van der Waals surface area (Å²) in [6.45, 7) is 6.69. The molecule has 0 aliphatic carbocycles. The van der Waals surface area contributed by atoms with Crippen LogP contribution in [0.4, 0.5) is 4.79 Å². The zero-order valence-corrected chi connectivity index (χ0v) is 15.7. The Morgan fingerprint density at radius 1 is 1.28 bits per heavy atom. The minimum atomic E-state index is -0.447. The number of aromatic nitrogens is 2. The second-order valence-electron chi connectivity index (χ2n) is 5.82. The van der Waals surface area contributed by atoms with Crippen molar-refractivity contribution in [2.45, 2.75) is 38.8 Å². The van der Waals surface area contributed by atoms with E-state index in [9.17, 15) is 9.59 Å². The minimum Gasteiger partial charge on any atom is -0.338 e. The Hall–Kier alpha value is -2.28. The van der Waals surface area contributed by atoms with Crippen LogP contribution in [0, 0.1) is 13.8 Å². The zero-order valence-electron chi connectivity index (χ0n) is 14.8. The highest BCUT2D eigenvalue weighted by atomic mass is 32.2. The second-order valence-corrected chi connectivity index (χ2v) is 6.76. The number of rotatable bonds is 7. The van der Waals surface area contributed by atoms with Gasteiger partial charge in [-0.3, -0.25) is 14.7 Å². The first-order valence-corrected chi connectivity index (χ1v) is 9.31. The summed E-state index contributed by atoms with van der Waals surface area (Å²) in [6.07, 6.45) is 5.47. The number of benzene rings is 1. The molecule has 7 heteroatoms. The summed E-state index contributed by atoms with van der Waals surface area (Å²) >= 11 is 1.30. The van der Waals surface area contributed by atoms with Gasteiger partial charge in [-0.25, -0.2) is 9.78 Å². The smallest absolute Gasteiger partial charge is 0.321 e. The number of amides is 3. The molecule has 1 heterocycles. The highest BCUT2D eigenvalue weighted by molar-refractivity contribution is 7.99. The molecule has 25 heavy (non-hydrogen) atoms. The van der Waals surface area contributed by atoms with E-state index in [4.69, 9.17) is 0 Å². The standard InChI is InChI=1S/C18H24N4O2S/c1-4-5-8-19-17(24)21-16(23)12-25-18-20-9-10-22(18)15-11-13(2)6-7-14(15)3/h6-7,9-11H,4-5,8,12H2,1-3H3,(H2,19,21,23,24). The zero-order chi connectivity index (χ0) is 18.2. The van der Waals surface area contributed by atoms with Crippen LogP contribution in [0.5, 0.6) is 0 Å². The van der Waals surface area contributed by atoms with Crippen molar-refractivity contribution in [3.63, 3.8) is 0 Å². The van der Waals surface area contributed by atoms with Gasteiger partial charge in [0.2, 0.25) is 5.91 Å². The summed E-state index contributed by atoms with van der Waals surface area (Å²) in [5, 5.41) is 5.71. The van der Waals surface area contributed by atoms with E-state index in [0.29, 0.717) is 6.54 Å². The Bertz CT molecular complexity index is 742. The van der Waals surface area contributed by atoms with Gasteiger partial charge in [-0.1, -0.05) is 37.2 Å². The van der Waals surface area contributed by atoms with Crippen molar-refractivity contribution in [2.75, 3.05) is 12.3 Å². The van der Waals surface area contributed by atoms with Crippen LogP contribution in [0.3, 0.4) is 0 Å². The SMILES string of the molecule is CCCCNC(=O)NC(=O)CSc1nccn1-c1cc(C)ccc1C. The van der Waals surface area contributed by atoms with Crippen molar-refractivity contribution in [2.24, 2.45) is 0 Å². The van der Waals surface area contributed by atoms with Crippen molar-refractivity contribution < 1.29 is 9.59 Å². The maximum absolute atomic E-state index is 11.9. The molecule has 0 spiro atoms. The predicted octanol–water partition coefficient (Wildman–Crippen LogP) is 3.21. The number of urea groups is 1. The first kappa shape index (κ1) is 19.1. The molecule has 0 radical (unpaired) electrons. The number of imidazole rings is 1. The van der Waals surface area contributed by atoms with Gasteiger partial charge in [0.25, 0.3) is 0 Å². The van der Waals surface area contributed by atoms with Gasteiger partial charge in [0.05, 0.1) is 11.4 Å². The van der Waals surface area contributed by atoms with Gasteiger partial charge in [-0.05, 0) is 37.5 Å². The Morgan fingerprint density at radius 2 is 2.08 bits per heavy atom. The van der Waals surface area contributed by atoms with Crippen molar-refractivity contribution in [3.05, 3.63) is 41.7 Å². The summed E-state index contributed by atoms with van der Waals surface area (Å²) in [5.74, 6) is -0.210. The molecule has 2 aromatic rings. The molecule has 0 aliphatic rings. The maximum Gasteiger partial charge on any atom is 0.321 e. The third-order valence-electron chi connectivity index (χ3n) is 3.63. The van der Waals surface area contributed by atoms with E-state index in [1.54, 1.807) is 6.20 Å². The van der Waals surface area contributed by atoms with Gasteiger partial charge in [0.1, 0.15) is 0 Å². The van der Waals surface area contributed by atoms with Crippen LogP contribution in [0.2, 0.25) is 0 Å². The van der Waals surface area contributed by atoms with E-state index in [-0.39, 0.29) is 11.7 Å². The van der Waals surface area contributed by atoms with Crippen LogP contribution in [0.1, 0.15) is 30.9 Å². The van der Waals surface area contributed by atoms with E-state index in [1.165, 1.54) is 11.8 Å². The lowest BCUT2D eigenvalue weighted by atomic mass is 10.1. The number of aryl methyl sites for hydroxylation is 2. The van der Waals surface area contributed by atoms with E-state index >= 15 is 0 Å². The largest absolute Gasteiger partial charge is 0.338 e. The monoisotopic (exact) mass is 360 g/mol. The summed E-state index contributed by atoms with van der Waals surface area (Å²) in [4.78, 5) is 27.8. The lowest BCUT2D eigenvalue weighted by Gasteiger charge is -2.11. The Balaban J connectivity index is 1.94. The molecule has 0 saturated heterocycles. The molecular formula is C18H24N4O2S. The van der Waals surface area contributed by atoms with Crippen LogP contribution >= 0.6 is 11.8 Å². The lowest BCUT2D eigenvalue weighted by molar-refractivity contribution is -0.117. The lowest BCUT2D eigenvalue weighted by Crippen LogP contribution is -2.40. The molecule has 134 valence electrons. The van der Waals surface area contributed by atoms with E-state index in [2.05, 4.69) is 33.8 Å². The average Bonchev–Trinajstić information content (AvgIpc) is 3.03.